The van der Waals surface area contributed by atoms with Gasteiger partial charge < -0.3 is 15.0 Å². The molecule has 1 heterocycles. The number of nitrogens with zero attached hydrogens (tertiary/aromatic N) is 1. The number of ether oxygens (including phenoxy) is 1. The minimum atomic E-state index is -0.646. The zero-order valence-corrected chi connectivity index (χ0v) is 14.7. The average molecular weight is 363 g/mol. The standard InChI is InChI=1S/C19H20ClFN2O2/c1-2-10-22-19(24)18-12-23(16-8-3-4-9-17(16)25-18)11-13-14(20)6-5-7-15(13)21/h3-9,18H,2,10-12H2,1H3,(H,22,24)/t18-/m1/s1. The van der Waals surface area contributed by atoms with Crippen LogP contribution < -0.4 is 15.0 Å². The lowest BCUT2D eigenvalue weighted by atomic mass is 10.1. The molecule has 0 saturated heterocycles. The topological polar surface area (TPSA) is 41.6 Å². The number of hydrogen-bond donors (Lipinski definition) is 1. The fourth-order valence-electron chi connectivity index (χ4n) is 2.83. The Hall–Kier alpha value is -2.27. The molecule has 4 nitrogen and oxygen atoms in total. The number of carbonyl (C=O) groups excluding carboxylic acids is 1. The number of carbonyl (C=O) groups is 1. The molecule has 0 aromatic heterocycles. The summed E-state index contributed by atoms with van der Waals surface area (Å²) in [5.41, 5.74) is 1.23. The van der Waals surface area contributed by atoms with Crippen LogP contribution in [-0.4, -0.2) is 25.1 Å². The Kier molecular flexibility index (Phi) is 5.43. The van der Waals surface area contributed by atoms with Crippen molar-refractivity contribution in [2.75, 3.05) is 18.0 Å². The molecule has 2 aromatic rings. The van der Waals surface area contributed by atoms with E-state index in [1.54, 1.807) is 12.1 Å². The molecule has 1 N–H and O–H groups in total. The molecule has 1 aliphatic heterocycles. The fraction of sp³-hybridized carbons (Fsp3) is 0.316. The number of amides is 1. The van der Waals surface area contributed by atoms with Crippen LogP contribution in [0.15, 0.2) is 42.5 Å². The lowest BCUT2D eigenvalue weighted by Crippen LogP contribution is -2.49. The van der Waals surface area contributed by atoms with Crippen LogP contribution in [0.3, 0.4) is 0 Å². The monoisotopic (exact) mass is 362 g/mol. The van der Waals surface area contributed by atoms with Crippen LogP contribution in [0, 0.1) is 5.82 Å². The van der Waals surface area contributed by atoms with Crippen LogP contribution in [0.4, 0.5) is 10.1 Å². The third kappa shape index (κ3) is 3.87. The van der Waals surface area contributed by atoms with Gasteiger partial charge in [0.1, 0.15) is 11.6 Å². The van der Waals surface area contributed by atoms with Gasteiger partial charge in [-0.2, -0.15) is 0 Å². The largest absolute Gasteiger partial charge is 0.477 e. The number of anilines is 1. The molecule has 132 valence electrons. The second kappa shape index (κ2) is 7.74. The van der Waals surface area contributed by atoms with Crippen LogP contribution in [-0.2, 0) is 11.3 Å². The number of rotatable bonds is 5. The van der Waals surface area contributed by atoms with Crippen molar-refractivity contribution < 1.29 is 13.9 Å². The Bertz CT molecular complexity index is 749. The summed E-state index contributed by atoms with van der Waals surface area (Å²) in [4.78, 5) is 14.3. The molecular weight excluding hydrogens is 343 g/mol. The van der Waals surface area contributed by atoms with E-state index in [-0.39, 0.29) is 18.3 Å². The number of nitrogens with one attached hydrogen (secondary N) is 1. The molecule has 0 saturated carbocycles. The molecule has 2 aromatic carbocycles. The molecule has 0 radical (unpaired) electrons. The Morgan fingerprint density at radius 1 is 1.32 bits per heavy atom. The Balaban J connectivity index is 1.88. The molecule has 6 heteroatoms. The summed E-state index contributed by atoms with van der Waals surface area (Å²) in [7, 11) is 0. The molecule has 0 unspecified atom stereocenters. The first kappa shape index (κ1) is 17.5. The molecular formula is C19H20ClFN2O2. The SMILES string of the molecule is CCCNC(=O)[C@H]1CN(Cc2c(F)cccc2Cl)c2ccccc2O1. The van der Waals surface area contributed by atoms with Crippen molar-refractivity contribution in [3.05, 3.63) is 58.9 Å². The Morgan fingerprint density at radius 2 is 2.12 bits per heavy atom. The van der Waals surface area contributed by atoms with Gasteiger partial charge in [-0.25, -0.2) is 4.39 Å². The predicted octanol–water partition coefficient (Wildman–Crippen LogP) is 3.77. The Labute approximate surface area is 151 Å². The highest BCUT2D eigenvalue weighted by Gasteiger charge is 2.31. The van der Waals surface area contributed by atoms with Crippen molar-refractivity contribution in [3.63, 3.8) is 0 Å². The third-order valence-electron chi connectivity index (χ3n) is 4.11. The van der Waals surface area contributed by atoms with Gasteiger partial charge in [-0.1, -0.05) is 36.7 Å². The van der Waals surface area contributed by atoms with Gasteiger partial charge in [0.15, 0.2) is 6.10 Å². The highest BCUT2D eigenvalue weighted by Crippen LogP contribution is 2.35. The molecule has 0 aliphatic carbocycles. The minimum absolute atomic E-state index is 0.166. The summed E-state index contributed by atoms with van der Waals surface area (Å²) in [6, 6.07) is 12.1. The van der Waals surface area contributed by atoms with Crippen LogP contribution in [0.5, 0.6) is 5.75 Å². The number of fused-ring (bicyclic) bond motifs is 1. The fourth-order valence-corrected chi connectivity index (χ4v) is 3.05. The van der Waals surface area contributed by atoms with E-state index in [4.69, 9.17) is 16.3 Å². The molecule has 0 spiro atoms. The molecule has 1 amide bonds. The first-order valence-corrected chi connectivity index (χ1v) is 8.69. The van der Waals surface area contributed by atoms with Crippen molar-refractivity contribution in [1.82, 2.24) is 5.32 Å². The minimum Gasteiger partial charge on any atom is -0.477 e. The van der Waals surface area contributed by atoms with Crippen molar-refractivity contribution in [3.8, 4) is 5.75 Å². The van der Waals surface area contributed by atoms with Gasteiger partial charge in [-0.15, -0.1) is 0 Å². The normalized spacial score (nSPS) is 16.1. The van der Waals surface area contributed by atoms with E-state index in [1.165, 1.54) is 6.07 Å². The van der Waals surface area contributed by atoms with Crippen molar-refractivity contribution in [2.24, 2.45) is 0 Å². The lowest BCUT2D eigenvalue weighted by molar-refractivity contribution is -0.127. The number of para-hydroxylation sites is 2. The third-order valence-corrected chi connectivity index (χ3v) is 4.47. The summed E-state index contributed by atoms with van der Waals surface area (Å²) in [5.74, 6) is 0.0855. The smallest absolute Gasteiger partial charge is 0.262 e. The summed E-state index contributed by atoms with van der Waals surface area (Å²) in [6.45, 7) is 3.18. The van der Waals surface area contributed by atoms with E-state index in [1.807, 2.05) is 36.1 Å². The number of benzene rings is 2. The summed E-state index contributed by atoms with van der Waals surface area (Å²) in [6.07, 6.45) is 0.204. The van der Waals surface area contributed by atoms with Gasteiger partial charge in [0, 0.05) is 23.7 Å². The van der Waals surface area contributed by atoms with Gasteiger partial charge >= 0.3 is 0 Å². The zero-order chi connectivity index (χ0) is 17.8. The summed E-state index contributed by atoms with van der Waals surface area (Å²) >= 11 is 6.17. The van der Waals surface area contributed by atoms with E-state index >= 15 is 0 Å². The van der Waals surface area contributed by atoms with E-state index in [0.29, 0.717) is 29.4 Å². The van der Waals surface area contributed by atoms with Crippen molar-refractivity contribution in [2.45, 2.75) is 26.0 Å². The van der Waals surface area contributed by atoms with Gasteiger partial charge in [0.05, 0.1) is 12.2 Å². The highest BCUT2D eigenvalue weighted by molar-refractivity contribution is 6.31. The van der Waals surface area contributed by atoms with Crippen LogP contribution in [0.2, 0.25) is 5.02 Å². The first-order valence-electron chi connectivity index (χ1n) is 8.31. The maximum atomic E-state index is 14.2. The second-order valence-electron chi connectivity index (χ2n) is 5.95. The molecule has 1 aliphatic rings. The molecule has 0 fully saturated rings. The molecule has 3 rings (SSSR count). The van der Waals surface area contributed by atoms with E-state index in [9.17, 15) is 9.18 Å². The van der Waals surface area contributed by atoms with Crippen LogP contribution in [0.25, 0.3) is 0 Å². The van der Waals surface area contributed by atoms with Gasteiger partial charge in [0.2, 0.25) is 0 Å². The number of halogens is 2. The second-order valence-corrected chi connectivity index (χ2v) is 6.35. The average Bonchev–Trinajstić information content (AvgIpc) is 2.62. The highest BCUT2D eigenvalue weighted by atomic mass is 35.5. The predicted molar refractivity (Wildman–Crippen MR) is 96.6 cm³/mol. The van der Waals surface area contributed by atoms with Gasteiger partial charge in [0.25, 0.3) is 5.91 Å². The van der Waals surface area contributed by atoms with Crippen LogP contribution in [0.1, 0.15) is 18.9 Å². The van der Waals surface area contributed by atoms with E-state index < -0.39 is 6.10 Å². The number of hydrogen-bond acceptors (Lipinski definition) is 3. The molecule has 1 atom stereocenters. The van der Waals surface area contributed by atoms with Crippen molar-refractivity contribution in [1.29, 1.82) is 0 Å². The van der Waals surface area contributed by atoms with E-state index in [2.05, 4.69) is 5.32 Å². The molecule has 0 bridgehead atoms. The maximum absolute atomic E-state index is 14.2. The quantitative estimate of drug-likeness (QED) is 0.880. The Morgan fingerprint density at radius 3 is 2.88 bits per heavy atom. The summed E-state index contributed by atoms with van der Waals surface area (Å²) in [5, 5.41) is 3.22. The lowest BCUT2D eigenvalue weighted by Gasteiger charge is -2.35. The summed E-state index contributed by atoms with van der Waals surface area (Å²) < 4.78 is 20.0. The van der Waals surface area contributed by atoms with Crippen LogP contribution >= 0.6 is 11.6 Å². The first-order chi connectivity index (χ1) is 12.1. The van der Waals surface area contributed by atoms with Gasteiger partial charge in [-0.05, 0) is 30.7 Å². The van der Waals surface area contributed by atoms with Gasteiger partial charge in [-0.3, -0.25) is 4.79 Å². The van der Waals surface area contributed by atoms with E-state index in [0.717, 1.165) is 12.1 Å². The molecule has 25 heavy (non-hydrogen) atoms. The zero-order valence-electron chi connectivity index (χ0n) is 14.0. The maximum Gasteiger partial charge on any atom is 0.262 e. The van der Waals surface area contributed by atoms with Crippen molar-refractivity contribution >= 4 is 23.2 Å².